The SMILES string of the molecule is c1ccc(-c2ccc(COC3CC(OCc4ccc(-c5ccccc5)nc4)CC(OCc4ccc(-c5ccccc5)nc4)C3)cn2)cc1. The highest BCUT2D eigenvalue weighted by Crippen LogP contribution is 2.29. The standard InChI is InChI=1S/C42H39N3O3/c1-4-10-34(11-5-1)40-19-16-31(25-43-40)28-46-37-22-38(47-29-32-17-20-41(44-26-32)35-12-6-2-7-13-35)24-39(23-37)48-30-33-18-21-42(45-27-33)36-14-8-3-9-15-36/h1-21,25-27,37-39H,22-24,28-30H2. The van der Waals surface area contributed by atoms with Gasteiger partial charge in [-0.15, -0.1) is 0 Å². The fraction of sp³-hybridized carbons (Fsp3) is 0.214. The smallest absolute Gasteiger partial charge is 0.0735 e. The highest BCUT2D eigenvalue weighted by Gasteiger charge is 2.31. The summed E-state index contributed by atoms with van der Waals surface area (Å²) in [7, 11) is 0. The summed E-state index contributed by atoms with van der Waals surface area (Å²) in [5, 5.41) is 0. The van der Waals surface area contributed by atoms with Crippen molar-refractivity contribution < 1.29 is 14.2 Å². The van der Waals surface area contributed by atoms with Gasteiger partial charge in [0.1, 0.15) is 0 Å². The van der Waals surface area contributed by atoms with Gasteiger partial charge in [-0.25, -0.2) is 0 Å². The monoisotopic (exact) mass is 633 g/mol. The summed E-state index contributed by atoms with van der Waals surface area (Å²) >= 11 is 0. The third-order valence-corrected chi connectivity index (χ3v) is 8.72. The second-order valence-electron chi connectivity index (χ2n) is 12.3. The van der Waals surface area contributed by atoms with Gasteiger partial charge in [-0.2, -0.15) is 0 Å². The molecule has 6 aromatic rings. The Morgan fingerprint density at radius 3 is 0.917 bits per heavy atom. The van der Waals surface area contributed by atoms with E-state index < -0.39 is 0 Å². The molecule has 0 bridgehead atoms. The third-order valence-electron chi connectivity index (χ3n) is 8.72. The Morgan fingerprint density at radius 1 is 0.375 bits per heavy atom. The Morgan fingerprint density at radius 2 is 0.667 bits per heavy atom. The van der Waals surface area contributed by atoms with E-state index in [0.29, 0.717) is 19.8 Å². The molecule has 1 aliphatic carbocycles. The zero-order chi connectivity index (χ0) is 32.4. The van der Waals surface area contributed by atoms with Crippen LogP contribution in [0.15, 0.2) is 146 Å². The average molecular weight is 634 g/mol. The van der Waals surface area contributed by atoms with Crippen LogP contribution in [-0.2, 0) is 34.0 Å². The van der Waals surface area contributed by atoms with Crippen LogP contribution in [0.5, 0.6) is 0 Å². The van der Waals surface area contributed by atoms with Gasteiger partial charge in [-0.3, -0.25) is 15.0 Å². The van der Waals surface area contributed by atoms with E-state index in [1.54, 1.807) is 0 Å². The molecule has 0 unspecified atom stereocenters. The summed E-state index contributed by atoms with van der Waals surface area (Å²) < 4.78 is 19.5. The number of rotatable bonds is 12. The maximum absolute atomic E-state index is 6.48. The van der Waals surface area contributed by atoms with Crippen molar-refractivity contribution in [3.05, 3.63) is 163 Å². The predicted molar refractivity (Wildman–Crippen MR) is 189 cm³/mol. The fourth-order valence-corrected chi connectivity index (χ4v) is 6.09. The Bertz CT molecular complexity index is 1610. The number of pyridine rings is 3. The molecular formula is C42H39N3O3. The molecule has 3 heterocycles. The molecular weight excluding hydrogens is 594 g/mol. The minimum atomic E-state index is -0.000266. The molecule has 0 aliphatic heterocycles. The fourth-order valence-electron chi connectivity index (χ4n) is 6.09. The Balaban J connectivity index is 0.982. The lowest BCUT2D eigenvalue weighted by molar-refractivity contribution is -0.111. The summed E-state index contributed by atoms with van der Waals surface area (Å²) in [5.74, 6) is 0. The maximum Gasteiger partial charge on any atom is 0.0735 e. The van der Waals surface area contributed by atoms with Gasteiger partial charge in [-0.05, 0) is 54.2 Å². The molecule has 0 radical (unpaired) electrons. The van der Waals surface area contributed by atoms with Crippen molar-refractivity contribution in [1.82, 2.24) is 15.0 Å². The van der Waals surface area contributed by atoms with E-state index in [4.69, 9.17) is 14.2 Å². The second-order valence-corrected chi connectivity index (χ2v) is 12.3. The van der Waals surface area contributed by atoms with Crippen molar-refractivity contribution in [1.29, 1.82) is 0 Å². The summed E-state index contributed by atoms with van der Waals surface area (Å²) in [6.07, 6.45) is 8.13. The first-order valence-electron chi connectivity index (χ1n) is 16.6. The Hall–Kier alpha value is -5.01. The molecule has 7 rings (SSSR count). The van der Waals surface area contributed by atoms with Gasteiger partial charge in [0.25, 0.3) is 0 Å². The summed E-state index contributed by atoms with van der Waals surface area (Å²) in [6.45, 7) is 1.46. The molecule has 1 aliphatic rings. The van der Waals surface area contributed by atoms with Crippen LogP contribution >= 0.6 is 0 Å². The van der Waals surface area contributed by atoms with Gasteiger partial charge in [0.15, 0.2) is 0 Å². The van der Waals surface area contributed by atoms with E-state index in [9.17, 15) is 0 Å². The van der Waals surface area contributed by atoms with Crippen LogP contribution in [0.4, 0.5) is 0 Å². The van der Waals surface area contributed by atoms with Crippen molar-refractivity contribution >= 4 is 0 Å². The Labute approximate surface area is 282 Å². The summed E-state index contributed by atoms with van der Waals surface area (Å²) in [4.78, 5) is 14.0. The topological polar surface area (TPSA) is 66.4 Å². The lowest BCUT2D eigenvalue weighted by Crippen LogP contribution is -2.37. The van der Waals surface area contributed by atoms with Crippen molar-refractivity contribution in [2.24, 2.45) is 0 Å². The molecule has 0 atom stereocenters. The van der Waals surface area contributed by atoms with Gasteiger partial charge < -0.3 is 14.2 Å². The highest BCUT2D eigenvalue weighted by molar-refractivity contribution is 5.60. The molecule has 240 valence electrons. The number of benzene rings is 3. The molecule has 0 amide bonds. The number of hydrogen-bond acceptors (Lipinski definition) is 6. The van der Waals surface area contributed by atoms with E-state index in [1.807, 2.05) is 73.2 Å². The van der Waals surface area contributed by atoms with Gasteiger partial charge in [0.2, 0.25) is 0 Å². The normalized spacial score (nSPS) is 17.6. The van der Waals surface area contributed by atoms with Crippen LogP contribution in [0.2, 0.25) is 0 Å². The third kappa shape index (κ3) is 8.47. The van der Waals surface area contributed by atoms with Crippen LogP contribution in [0.1, 0.15) is 36.0 Å². The van der Waals surface area contributed by atoms with E-state index in [1.165, 1.54) is 0 Å². The van der Waals surface area contributed by atoms with E-state index in [2.05, 4.69) is 87.7 Å². The van der Waals surface area contributed by atoms with Crippen LogP contribution in [0.3, 0.4) is 0 Å². The molecule has 0 N–H and O–H groups in total. The molecule has 3 aromatic carbocycles. The van der Waals surface area contributed by atoms with Gasteiger partial charge in [0.05, 0.1) is 55.2 Å². The van der Waals surface area contributed by atoms with Crippen molar-refractivity contribution in [3.63, 3.8) is 0 Å². The molecule has 48 heavy (non-hydrogen) atoms. The van der Waals surface area contributed by atoms with E-state index >= 15 is 0 Å². The van der Waals surface area contributed by atoms with Gasteiger partial charge >= 0.3 is 0 Å². The highest BCUT2D eigenvalue weighted by atomic mass is 16.5. The van der Waals surface area contributed by atoms with Crippen LogP contribution < -0.4 is 0 Å². The molecule has 1 saturated carbocycles. The molecule has 3 aromatic heterocycles. The van der Waals surface area contributed by atoms with Gasteiger partial charge in [-0.1, -0.05) is 109 Å². The van der Waals surface area contributed by atoms with Crippen molar-refractivity contribution in [2.75, 3.05) is 0 Å². The molecule has 6 nitrogen and oxygen atoms in total. The molecule has 6 heteroatoms. The zero-order valence-corrected chi connectivity index (χ0v) is 26.9. The quantitative estimate of drug-likeness (QED) is 0.134. The van der Waals surface area contributed by atoms with Crippen LogP contribution in [0, 0.1) is 0 Å². The van der Waals surface area contributed by atoms with Crippen LogP contribution in [0.25, 0.3) is 33.8 Å². The molecule has 0 saturated heterocycles. The number of aromatic nitrogens is 3. The summed E-state index contributed by atoms with van der Waals surface area (Å²) in [6, 6.07) is 43.1. The first-order valence-corrected chi connectivity index (χ1v) is 16.6. The molecule has 0 spiro atoms. The Kier molecular flexibility index (Phi) is 10.3. The summed E-state index contributed by atoms with van der Waals surface area (Å²) in [5.41, 5.74) is 9.31. The largest absolute Gasteiger partial charge is 0.373 e. The minimum Gasteiger partial charge on any atom is -0.373 e. The minimum absolute atomic E-state index is 0.000266. The van der Waals surface area contributed by atoms with Crippen molar-refractivity contribution in [3.8, 4) is 33.8 Å². The second kappa shape index (κ2) is 15.7. The average Bonchev–Trinajstić information content (AvgIpc) is 3.17. The number of hydrogen-bond donors (Lipinski definition) is 0. The first kappa shape index (κ1) is 31.6. The van der Waals surface area contributed by atoms with E-state index in [-0.39, 0.29) is 18.3 Å². The maximum atomic E-state index is 6.48. The lowest BCUT2D eigenvalue weighted by atomic mass is 9.92. The van der Waals surface area contributed by atoms with Crippen molar-refractivity contribution in [2.45, 2.75) is 57.4 Å². The van der Waals surface area contributed by atoms with Gasteiger partial charge in [0, 0.05) is 35.3 Å². The number of nitrogens with zero attached hydrogens (tertiary/aromatic N) is 3. The predicted octanol–water partition coefficient (Wildman–Crippen LogP) is 9.11. The number of ether oxygens (including phenoxy) is 3. The van der Waals surface area contributed by atoms with E-state index in [0.717, 1.165) is 69.7 Å². The zero-order valence-electron chi connectivity index (χ0n) is 26.9. The lowest BCUT2D eigenvalue weighted by Gasteiger charge is -2.34. The first-order chi connectivity index (χ1) is 23.7. The molecule has 1 fully saturated rings. The van der Waals surface area contributed by atoms with Crippen LogP contribution in [-0.4, -0.2) is 33.3 Å².